The van der Waals surface area contributed by atoms with Crippen molar-refractivity contribution in [3.8, 4) is 5.75 Å². The van der Waals surface area contributed by atoms with Crippen molar-refractivity contribution in [2.75, 3.05) is 19.8 Å². The molecule has 0 radical (unpaired) electrons. The molecule has 0 unspecified atom stereocenters. The maximum atomic E-state index is 10.5. The lowest BCUT2D eigenvalue weighted by atomic mass is 10.3. The first kappa shape index (κ1) is 15.4. The summed E-state index contributed by atoms with van der Waals surface area (Å²) in [6, 6.07) is 5.98. The molecule has 0 bridgehead atoms. The fourth-order valence-corrected chi connectivity index (χ4v) is 1.52. The van der Waals surface area contributed by atoms with Gasteiger partial charge in [0.1, 0.15) is 5.75 Å². The van der Waals surface area contributed by atoms with Gasteiger partial charge in [-0.05, 0) is 26.0 Å². The van der Waals surface area contributed by atoms with Crippen LogP contribution < -0.4 is 4.74 Å². The Labute approximate surface area is 112 Å². The summed E-state index contributed by atoms with van der Waals surface area (Å²) in [5, 5.41) is 10.5. The monoisotopic (exact) mass is 269 g/mol. The molecule has 1 rings (SSSR count). The van der Waals surface area contributed by atoms with Crippen LogP contribution in [0.3, 0.4) is 0 Å². The Morgan fingerprint density at radius 3 is 2.21 bits per heavy atom. The molecule has 19 heavy (non-hydrogen) atoms. The number of hydrogen-bond acceptors (Lipinski definition) is 5. The SMILES string of the molecule is CCOC(CCOc1ccc([N+](=O)[O-])cc1)OCC. The molecule has 0 atom stereocenters. The fraction of sp³-hybridized carbons (Fsp3) is 0.538. The number of non-ortho nitro benzene ring substituents is 1. The highest BCUT2D eigenvalue weighted by Crippen LogP contribution is 2.17. The summed E-state index contributed by atoms with van der Waals surface area (Å²) in [5.41, 5.74) is 0.0499. The fourth-order valence-electron chi connectivity index (χ4n) is 1.52. The molecule has 0 N–H and O–H groups in total. The minimum absolute atomic E-state index is 0.0499. The molecule has 0 aromatic heterocycles. The topological polar surface area (TPSA) is 70.8 Å². The summed E-state index contributed by atoms with van der Waals surface area (Å²) in [7, 11) is 0. The summed E-state index contributed by atoms with van der Waals surface area (Å²) in [4.78, 5) is 10.1. The lowest BCUT2D eigenvalue weighted by Gasteiger charge is -2.16. The van der Waals surface area contributed by atoms with Gasteiger partial charge < -0.3 is 14.2 Å². The zero-order valence-electron chi connectivity index (χ0n) is 11.2. The molecule has 1 aromatic carbocycles. The third-order valence-electron chi connectivity index (χ3n) is 2.37. The number of rotatable bonds is 9. The smallest absolute Gasteiger partial charge is 0.269 e. The summed E-state index contributed by atoms with van der Waals surface area (Å²) >= 11 is 0. The quantitative estimate of drug-likeness (QED) is 0.391. The Kier molecular flexibility index (Phi) is 6.84. The van der Waals surface area contributed by atoms with Gasteiger partial charge in [0.05, 0.1) is 11.5 Å². The van der Waals surface area contributed by atoms with Crippen molar-refractivity contribution >= 4 is 5.69 Å². The van der Waals surface area contributed by atoms with Crippen LogP contribution in [0.4, 0.5) is 5.69 Å². The van der Waals surface area contributed by atoms with Crippen LogP contribution >= 0.6 is 0 Å². The van der Waals surface area contributed by atoms with Gasteiger partial charge >= 0.3 is 0 Å². The predicted molar refractivity (Wildman–Crippen MR) is 70.2 cm³/mol. The molecular formula is C13H19NO5. The van der Waals surface area contributed by atoms with Crippen LogP contribution in [0, 0.1) is 10.1 Å². The molecule has 0 fully saturated rings. The predicted octanol–water partition coefficient (Wildman–Crippen LogP) is 2.76. The van der Waals surface area contributed by atoms with Crippen molar-refractivity contribution in [3.63, 3.8) is 0 Å². The van der Waals surface area contributed by atoms with Crippen molar-refractivity contribution in [3.05, 3.63) is 34.4 Å². The number of benzene rings is 1. The van der Waals surface area contributed by atoms with Crippen LogP contribution in [-0.4, -0.2) is 31.0 Å². The van der Waals surface area contributed by atoms with Crippen LogP contribution in [-0.2, 0) is 9.47 Å². The number of ether oxygens (including phenoxy) is 3. The first-order valence-corrected chi connectivity index (χ1v) is 6.27. The van der Waals surface area contributed by atoms with E-state index in [2.05, 4.69) is 0 Å². The van der Waals surface area contributed by atoms with E-state index in [-0.39, 0.29) is 12.0 Å². The number of nitro benzene ring substituents is 1. The van der Waals surface area contributed by atoms with Gasteiger partial charge in [0.15, 0.2) is 6.29 Å². The first-order chi connectivity index (χ1) is 9.17. The molecule has 1 aromatic rings. The van der Waals surface area contributed by atoms with Gasteiger partial charge in [-0.2, -0.15) is 0 Å². The van der Waals surface area contributed by atoms with Crippen molar-refractivity contribution < 1.29 is 19.1 Å². The van der Waals surface area contributed by atoms with Gasteiger partial charge in [-0.1, -0.05) is 0 Å². The number of nitro groups is 1. The third kappa shape index (κ3) is 5.67. The zero-order chi connectivity index (χ0) is 14.1. The highest BCUT2D eigenvalue weighted by Gasteiger charge is 2.08. The van der Waals surface area contributed by atoms with Gasteiger partial charge in [-0.3, -0.25) is 10.1 Å². The van der Waals surface area contributed by atoms with Crippen molar-refractivity contribution in [2.24, 2.45) is 0 Å². The van der Waals surface area contributed by atoms with Gasteiger partial charge in [0.25, 0.3) is 5.69 Å². The third-order valence-corrected chi connectivity index (χ3v) is 2.37. The zero-order valence-corrected chi connectivity index (χ0v) is 11.2. The number of nitrogens with zero attached hydrogens (tertiary/aromatic N) is 1. The maximum absolute atomic E-state index is 10.5. The highest BCUT2D eigenvalue weighted by molar-refractivity contribution is 5.35. The van der Waals surface area contributed by atoms with Crippen LogP contribution in [0.15, 0.2) is 24.3 Å². The van der Waals surface area contributed by atoms with E-state index in [0.29, 0.717) is 32.0 Å². The van der Waals surface area contributed by atoms with Crippen molar-refractivity contribution in [2.45, 2.75) is 26.6 Å². The van der Waals surface area contributed by atoms with E-state index in [0.717, 1.165) is 0 Å². The van der Waals surface area contributed by atoms with E-state index in [1.807, 2.05) is 13.8 Å². The molecule has 0 aliphatic carbocycles. The first-order valence-electron chi connectivity index (χ1n) is 6.27. The Morgan fingerprint density at radius 1 is 1.16 bits per heavy atom. The maximum Gasteiger partial charge on any atom is 0.269 e. The summed E-state index contributed by atoms with van der Waals surface area (Å²) < 4.78 is 16.2. The Bertz CT molecular complexity index is 373. The molecular weight excluding hydrogens is 250 g/mol. The average molecular weight is 269 g/mol. The molecule has 0 heterocycles. The normalized spacial score (nSPS) is 10.7. The van der Waals surface area contributed by atoms with Gasteiger partial charge in [-0.25, -0.2) is 0 Å². The molecule has 0 aliphatic heterocycles. The molecule has 0 spiro atoms. The summed E-state index contributed by atoms with van der Waals surface area (Å²) in [6.45, 7) is 5.42. The molecule has 0 aliphatic rings. The van der Waals surface area contributed by atoms with E-state index in [9.17, 15) is 10.1 Å². The van der Waals surface area contributed by atoms with E-state index in [1.54, 1.807) is 12.1 Å². The Balaban J connectivity index is 2.37. The summed E-state index contributed by atoms with van der Waals surface area (Å²) in [6.07, 6.45) is 0.339. The van der Waals surface area contributed by atoms with Gasteiger partial charge in [-0.15, -0.1) is 0 Å². The minimum atomic E-state index is -0.440. The number of hydrogen-bond donors (Lipinski definition) is 0. The molecule has 6 heteroatoms. The van der Waals surface area contributed by atoms with Crippen molar-refractivity contribution in [1.29, 1.82) is 0 Å². The average Bonchev–Trinajstić information content (AvgIpc) is 2.40. The molecule has 6 nitrogen and oxygen atoms in total. The van der Waals surface area contributed by atoms with E-state index in [4.69, 9.17) is 14.2 Å². The van der Waals surface area contributed by atoms with Crippen LogP contribution in [0.2, 0.25) is 0 Å². The Morgan fingerprint density at radius 2 is 1.74 bits per heavy atom. The van der Waals surface area contributed by atoms with E-state index < -0.39 is 4.92 Å². The molecule has 106 valence electrons. The van der Waals surface area contributed by atoms with E-state index in [1.165, 1.54) is 12.1 Å². The second kappa shape index (κ2) is 8.44. The van der Waals surface area contributed by atoms with Gasteiger partial charge in [0, 0.05) is 31.8 Å². The van der Waals surface area contributed by atoms with Crippen LogP contribution in [0.1, 0.15) is 20.3 Å². The van der Waals surface area contributed by atoms with Gasteiger partial charge in [0.2, 0.25) is 0 Å². The standard InChI is InChI=1S/C13H19NO5/c1-3-17-13(18-4-2)9-10-19-12-7-5-11(6-8-12)14(15)16/h5-8,13H,3-4,9-10H2,1-2H3. The molecule has 0 saturated carbocycles. The second-order valence-electron chi connectivity index (χ2n) is 3.73. The van der Waals surface area contributed by atoms with Crippen LogP contribution in [0.5, 0.6) is 5.75 Å². The van der Waals surface area contributed by atoms with Crippen molar-refractivity contribution in [1.82, 2.24) is 0 Å². The largest absolute Gasteiger partial charge is 0.493 e. The molecule has 0 saturated heterocycles. The second-order valence-corrected chi connectivity index (χ2v) is 3.73. The highest BCUT2D eigenvalue weighted by atomic mass is 16.7. The lowest BCUT2D eigenvalue weighted by Crippen LogP contribution is -2.20. The Hall–Kier alpha value is -1.66. The van der Waals surface area contributed by atoms with Crippen LogP contribution in [0.25, 0.3) is 0 Å². The van der Waals surface area contributed by atoms with E-state index >= 15 is 0 Å². The summed E-state index contributed by atoms with van der Waals surface area (Å²) in [5.74, 6) is 0.595. The lowest BCUT2D eigenvalue weighted by molar-refractivity contribution is -0.384. The minimum Gasteiger partial charge on any atom is -0.493 e. The molecule has 0 amide bonds.